The van der Waals surface area contributed by atoms with Gasteiger partial charge in [-0.05, 0) is 101 Å². The highest BCUT2D eigenvalue weighted by Gasteiger charge is 2.42. The standard InChI is InChI=1S/C32H54O6Si2/c1-9-27-17-19-29(20-18-27)30-22-21-28(10-2)31(23-25-39(33-11-3,34-12-4)35-13-5)32(30)24-26-40(36-14-6,37-15-7)38-16-8/h17-22H,9-16,23-26H2,1-8H3. The number of hydrogen-bond acceptors (Lipinski definition) is 6. The van der Waals surface area contributed by atoms with Crippen LogP contribution in [0.1, 0.15) is 77.6 Å². The van der Waals surface area contributed by atoms with E-state index in [0.717, 1.165) is 37.8 Å². The van der Waals surface area contributed by atoms with Crippen molar-refractivity contribution in [2.75, 3.05) is 39.6 Å². The van der Waals surface area contributed by atoms with Crippen molar-refractivity contribution in [2.24, 2.45) is 0 Å². The van der Waals surface area contributed by atoms with E-state index in [1.54, 1.807) is 0 Å². The molecule has 2 aromatic rings. The van der Waals surface area contributed by atoms with Crippen LogP contribution in [0.5, 0.6) is 0 Å². The maximum Gasteiger partial charge on any atom is 0.501 e. The van der Waals surface area contributed by atoms with Crippen LogP contribution in [-0.2, 0) is 52.2 Å². The smallest absolute Gasteiger partial charge is 0.374 e. The Hall–Kier alpha value is -1.37. The summed E-state index contributed by atoms with van der Waals surface area (Å²) < 4.78 is 37.5. The lowest BCUT2D eigenvalue weighted by Crippen LogP contribution is -2.46. The van der Waals surface area contributed by atoms with Gasteiger partial charge in [-0.3, -0.25) is 0 Å². The Balaban J connectivity index is 2.64. The Morgan fingerprint density at radius 1 is 0.475 bits per heavy atom. The highest BCUT2D eigenvalue weighted by molar-refractivity contribution is 6.61. The van der Waals surface area contributed by atoms with Crippen LogP contribution < -0.4 is 0 Å². The van der Waals surface area contributed by atoms with E-state index >= 15 is 0 Å². The molecule has 40 heavy (non-hydrogen) atoms. The summed E-state index contributed by atoms with van der Waals surface area (Å²) in [6.45, 7) is 20.0. The first kappa shape index (κ1) is 34.8. The van der Waals surface area contributed by atoms with Gasteiger partial charge in [-0.25, -0.2) is 0 Å². The van der Waals surface area contributed by atoms with Crippen molar-refractivity contribution in [3.05, 3.63) is 58.7 Å². The summed E-state index contributed by atoms with van der Waals surface area (Å²) in [5.74, 6) is 0. The first-order valence-corrected chi connectivity index (χ1v) is 19.3. The van der Waals surface area contributed by atoms with Crippen molar-refractivity contribution in [3.63, 3.8) is 0 Å². The SMILES string of the molecule is CCO[Si](CCc1c(CC)ccc(-c2ccc(CC)cc2)c1CC[Si](OCC)(OCC)OCC)(OCC)OCC. The minimum absolute atomic E-state index is 0.574. The molecule has 0 N–H and O–H groups in total. The normalized spacial score (nSPS) is 12.3. The second-order valence-corrected chi connectivity index (χ2v) is 15.1. The van der Waals surface area contributed by atoms with E-state index in [4.69, 9.17) is 26.6 Å². The van der Waals surface area contributed by atoms with E-state index in [1.807, 2.05) is 41.5 Å². The summed E-state index contributed by atoms with van der Waals surface area (Å²) in [6, 6.07) is 15.1. The molecule has 2 rings (SSSR count). The third-order valence-electron chi connectivity index (χ3n) is 7.13. The Kier molecular flexibility index (Phi) is 15.9. The molecule has 0 aliphatic carbocycles. The van der Waals surface area contributed by atoms with Gasteiger partial charge in [-0.2, -0.15) is 0 Å². The van der Waals surface area contributed by atoms with Crippen LogP contribution in [0, 0.1) is 0 Å². The van der Waals surface area contributed by atoms with Crippen molar-refractivity contribution >= 4 is 17.6 Å². The molecule has 0 aliphatic heterocycles. The van der Waals surface area contributed by atoms with Crippen molar-refractivity contribution in [1.82, 2.24) is 0 Å². The number of rotatable bonds is 21. The van der Waals surface area contributed by atoms with Gasteiger partial charge in [0.2, 0.25) is 0 Å². The zero-order valence-electron chi connectivity index (χ0n) is 26.4. The molecule has 226 valence electrons. The zero-order valence-corrected chi connectivity index (χ0v) is 28.4. The van der Waals surface area contributed by atoms with Crippen molar-refractivity contribution in [3.8, 4) is 11.1 Å². The van der Waals surface area contributed by atoms with E-state index < -0.39 is 17.6 Å². The summed E-state index contributed by atoms with van der Waals surface area (Å²) in [5.41, 5.74) is 7.89. The highest BCUT2D eigenvalue weighted by Crippen LogP contribution is 2.34. The second kappa shape index (κ2) is 18.2. The molecule has 6 nitrogen and oxygen atoms in total. The van der Waals surface area contributed by atoms with Crippen LogP contribution in [0.15, 0.2) is 36.4 Å². The van der Waals surface area contributed by atoms with Crippen LogP contribution in [0.4, 0.5) is 0 Å². The lowest BCUT2D eigenvalue weighted by Gasteiger charge is -2.31. The fraction of sp³-hybridized carbons (Fsp3) is 0.625. The van der Waals surface area contributed by atoms with Crippen LogP contribution in [-0.4, -0.2) is 57.3 Å². The van der Waals surface area contributed by atoms with Gasteiger partial charge >= 0.3 is 17.6 Å². The number of aryl methyl sites for hydroxylation is 2. The molecule has 0 unspecified atom stereocenters. The Morgan fingerprint density at radius 2 is 0.900 bits per heavy atom. The van der Waals surface area contributed by atoms with Gasteiger partial charge in [-0.15, -0.1) is 0 Å². The topological polar surface area (TPSA) is 55.4 Å². The zero-order chi connectivity index (χ0) is 29.4. The van der Waals surface area contributed by atoms with Gasteiger partial charge in [0, 0.05) is 51.7 Å². The van der Waals surface area contributed by atoms with E-state index in [2.05, 4.69) is 50.2 Å². The minimum atomic E-state index is -2.83. The predicted molar refractivity (Wildman–Crippen MR) is 169 cm³/mol. The first-order chi connectivity index (χ1) is 19.4. The molecule has 0 saturated heterocycles. The molecule has 2 aromatic carbocycles. The molecule has 0 fully saturated rings. The number of hydrogen-bond donors (Lipinski definition) is 0. The van der Waals surface area contributed by atoms with Crippen molar-refractivity contribution < 1.29 is 26.6 Å². The average molecular weight is 591 g/mol. The Morgan fingerprint density at radius 3 is 1.27 bits per heavy atom. The molecule has 0 atom stereocenters. The lowest BCUT2D eigenvalue weighted by molar-refractivity contribution is 0.0702. The third-order valence-corrected chi connectivity index (χ3v) is 13.2. The minimum Gasteiger partial charge on any atom is -0.374 e. The van der Waals surface area contributed by atoms with E-state index in [0.29, 0.717) is 39.6 Å². The molecule has 0 heterocycles. The van der Waals surface area contributed by atoms with Crippen molar-refractivity contribution in [2.45, 2.75) is 93.2 Å². The van der Waals surface area contributed by atoms with Crippen molar-refractivity contribution in [1.29, 1.82) is 0 Å². The molecular formula is C32H54O6Si2. The van der Waals surface area contributed by atoms with E-state index in [9.17, 15) is 0 Å². The van der Waals surface area contributed by atoms with Crippen LogP contribution in [0.2, 0.25) is 12.1 Å². The lowest BCUT2D eigenvalue weighted by atomic mass is 9.88. The summed E-state index contributed by atoms with van der Waals surface area (Å²) in [6.07, 6.45) is 3.62. The van der Waals surface area contributed by atoms with Gasteiger partial charge in [0.25, 0.3) is 0 Å². The summed E-state index contributed by atoms with van der Waals surface area (Å²) >= 11 is 0. The number of benzene rings is 2. The van der Waals surface area contributed by atoms with Crippen LogP contribution >= 0.6 is 0 Å². The quantitative estimate of drug-likeness (QED) is 0.139. The Labute approximate surface area is 246 Å². The van der Waals surface area contributed by atoms with Gasteiger partial charge in [0.15, 0.2) is 0 Å². The molecule has 0 amide bonds. The maximum atomic E-state index is 6.26. The maximum absolute atomic E-state index is 6.26. The molecule has 8 heteroatoms. The fourth-order valence-corrected chi connectivity index (χ4v) is 10.5. The summed E-state index contributed by atoms with van der Waals surface area (Å²) in [7, 11) is -5.64. The average Bonchev–Trinajstić information content (AvgIpc) is 2.95. The highest BCUT2D eigenvalue weighted by atomic mass is 28.4. The Bertz CT molecular complexity index is 948. The van der Waals surface area contributed by atoms with E-state index in [-0.39, 0.29) is 0 Å². The summed E-state index contributed by atoms with van der Waals surface area (Å²) in [5, 5.41) is 0. The third kappa shape index (κ3) is 9.59. The molecule has 0 aliphatic rings. The van der Waals surface area contributed by atoms with Gasteiger partial charge in [0.1, 0.15) is 0 Å². The monoisotopic (exact) mass is 590 g/mol. The van der Waals surface area contributed by atoms with Gasteiger partial charge < -0.3 is 26.6 Å². The molecular weight excluding hydrogens is 537 g/mol. The molecule has 0 saturated carbocycles. The predicted octanol–water partition coefficient (Wildman–Crippen LogP) is 7.66. The van der Waals surface area contributed by atoms with Crippen LogP contribution in [0.3, 0.4) is 0 Å². The van der Waals surface area contributed by atoms with Gasteiger partial charge in [0.05, 0.1) is 0 Å². The molecule has 0 spiro atoms. The fourth-order valence-electron chi connectivity index (χ4n) is 5.42. The van der Waals surface area contributed by atoms with E-state index in [1.165, 1.54) is 33.4 Å². The van der Waals surface area contributed by atoms with Crippen LogP contribution in [0.25, 0.3) is 11.1 Å². The molecule has 0 aromatic heterocycles. The molecule has 0 bridgehead atoms. The first-order valence-electron chi connectivity index (χ1n) is 15.5. The molecule has 0 radical (unpaired) electrons. The largest absolute Gasteiger partial charge is 0.501 e. The van der Waals surface area contributed by atoms with Gasteiger partial charge in [-0.1, -0.05) is 50.2 Å². The summed E-state index contributed by atoms with van der Waals surface area (Å²) in [4.78, 5) is 0. The second-order valence-electron chi connectivity index (χ2n) is 9.60.